The highest BCUT2D eigenvalue weighted by atomic mass is 79.9. The number of rotatable bonds is 2. The summed E-state index contributed by atoms with van der Waals surface area (Å²) in [7, 11) is 0. The van der Waals surface area contributed by atoms with E-state index in [1.165, 1.54) is 6.20 Å². The van der Waals surface area contributed by atoms with Crippen molar-refractivity contribution >= 4 is 44.9 Å². The monoisotopic (exact) mass is 350 g/mol. The minimum atomic E-state index is -0.217. The first-order chi connectivity index (χ1) is 9.54. The van der Waals surface area contributed by atoms with Crippen LogP contribution in [0.2, 0.25) is 5.02 Å². The van der Waals surface area contributed by atoms with Gasteiger partial charge in [-0.15, -0.1) is 0 Å². The number of hydrogen-bond donors (Lipinski definition) is 1. The standard InChI is InChI=1S/C14H8BrClN2O2/c15-9-1-8(5-17-6-9)14(20)10-2-7-3-13(19)18-12(7)4-11(10)16/h1-2,4-6H,3H2,(H,18,19). The van der Waals surface area contributed by atoms with Gasteiger partial charge in [-0.3, -0.25) is 14.6 Å². The summed E-state index contributed by atoms with van der Waals surface area (Å²) in [5.74, 6) is -0.310. The second-order valence-electron chi connectivity index (χ2n) is 4.44. The number of benzene rings is 1. The van der Waals surface area contributed by atoms with E-state index in [0.29, 0.717) is 21.8 Å². The van der Waals surface area contributed by atoms with Crippen LogP contribution in [0.5, 0.6) is 0 Å². The second kappa shape index (κ2) is 5.00. The van der Waals surface area contributed by atoms with Gasteiger partial charge in [0.2, 0.25) is 5.91 Å². The zero-order valence-electron chi connectivity index (χ0n) is 10.1. The third-order valence-electron chi connectivity index (χ3n) is 3.03. The third-order valence-corrected chi connectivity index (χ3v) is 3.78. The van der Waals surface area contributed by atoms with Crippen molar-refractivity contribution in [3.8, 4) is 0 Å². The zero-order valence-corrected chi connectivity index (χ0v) is 12.5. The number of amides is 1. The Bertz CT molecular complexity index is 746. The van der Waals surface area contributed by atoms with Gasteiger partial charge in [0.15, 0.2) is 5.78 Å². The Kier molecular flexibility index (Phi) is 3.31. The van der Waals surface area contributed by atoms with Crippen molar-refractivity contribution in [2.75, 3.05) is 5.32 Å². The molecule has 100 valence electrons. The first-order valence-electron chi connectivity index (χ1n) is 5.82. The molecule has 20 heavy (non-hydrogen) atoms. The molecule has 1 N–H and O–H groups in total. The van der Waals surface area contributed by atoms with Crippen LogP contribution in [0.1, 0.15) is 21.5 Å². The molecule has 1 amide bonds. The molecule has 0 saturated heterocycles. The van der Waals surface area contributed by atoms with Gasteiger partial charge < -0.3 is 5.32 Å². The Morgan fingerprint density at radius 1 is 1.30 bits per heavy atom. The lowest BCUT2D eigenvalue weighted by Gasteiger charge is -2.07. The van der Waals surface area contributed by atoms with Crippen molar-refractivity contribution in [3.63, 3.8) is 0 Å². The summed E-state index contributed by atoms with van der Waals surface area (Å²) in [6, 6.07) is 4.96. The lowest BCUT2D eigenvalue weighted by molar-refractivity contribution is -0.115. The minimum Gasteiger partial charge on any atom is -0.325 e. The predicted octanol–water partition coefficient (Wildman–Crippen LogP) is 3.22. The lowest BCUT2D eigenvalue weighted by Crippen LogP contribution is -2.04. The number of fused-ring (bicyclic) bond motifs is 1. The Morgan fingerprint density at radius 2 is 2.10 bits per heavy atom. The zero-order chi connectivity index (χ0) is 14.3. The molecule has 0 saturated carbocycles. The van der Waals surface area contributed by atoms with E-state index in [4.69, 9.17) is 11.6 Å². The molecule has 1 aliphatic heterocycles. The molecule has 4 nitrogen and oxygen atoms in total. The largest absolute Gasteiger partial charge is 0.325 e. The number of nitrogens with one attached hydrogen (secondary N) is 1. The van der Waals surface area contributed by atoms with Crippen molar-refractivity contribution in [1.29, 1.82) is 0 Å². The number of carbonyl (C=O) groups is 2. The molecule has 0 bridgehead atoms. The predicted molar refractivity (Wildman–Crippen MR) is 79.2 cm³/mol. The number of ketones is 1. The van der Waals surface area contributed by atoms with Crippen LogP contribution < -0.4 is 5.32 Å². The number of hydrogen-bond acceptors (Lipinski definition) is 3. The number of aromatic nitrogens is 1. The van der Waals surface area contributed by atoms with Gasteiger partial charge in [-0.25, -0.2) is 0 Å². The fourth-order valence-corrected chi connectivity index (χ4v) is 2.73. The van der Waals surface area contributed by atoms with Gasteiger partial charge in [0, 0.05) is 33.7 Å². The summed E-state index contributed by atoms with van der Waals surface area (Å²) in [5, 5.41) is 3.01. The van der Waals surface area contributed by atoms with Crippen molar-refractivity contribution in [2.45, 2.75) is 6.42 Å². The molecule has 0 aliphatic carbocycles. The van der Waals surface area contributed by atoms with Gasteiger partial charge in [0.05, 0.1) is 11.4 Å². The number of pyridine rings is 1. The van der Waals surface area contributed by atoms with Crippen LogP contribution in [0.3, 0.4) is 0 Å². The average Bonchev–Trinajstić information content (AvgIpc) is 2.76. The van der Waals surface area contributed by atoms with E-state index < -0.39 is 0 Å². The highest BCUT2D eigenvalue weighted by molar-refractivity contribution is 9.10. The molecule has 0 radical (unpaired) electrons. The van der Waals surface area contributed by atoms with Gasteiger partial charge in [-0.2, -0.15) is 0 Å². The molecule has 3 rings (SSSR count). The summed E-state index contributed by atoms with van der Waals surface area (Å²) in [4.78, 5) is 27.8. The number of carbonyl (C=O) groups excluding carboxylic acids is 2. The normalized spacial score (nSPS) is 13.0. The number of halogens is 2. The van der Waals surface area contributed by atoms with Crippen LogP contribution in [-0.4, -0.2) is 16.7 Å². The summed E-state index contributed by atoms with van der Waals surface area (Å²) in [6.45, 7) is 0. The molecule has 1 aromatic heterocycles. The quantitative estimate of drug-likeness (QED) is 0.845. The molecule has 6 heteroatoms. The minimum absolute atomic E-state index is 0.0928. The van der Waals surface area contributed by atoms with Crippen LogP contribution in [0.25, 0.3) is 0 Å². The Hall–Kier alpha value is -1.72. The Balaban J connectivity index is 2.05. The van der Waals surface area contributed by atoms with Crippen LogP contribution >= 0.6 is 27.5 Å². The third kappa shape index (κ3) is 2.34. The van der Waals surface area contributed by atoms with Crippen molar-refractivity contribution in [3.05, 3.63) is 56.8 Å². The molecule has 0 unspecified atom stereocenters. The van der Waals surface area contributed by atoms with E-state index in [9.17, 15) is 9.59 Å². The first-order valence-corrected chi connectivity index (χ1v) is 6.99. The fraction of sp³-hybridized carbons (Fsp3) is 0.0714. The first kappa shape index (κ1) is 13.3. The lowest BCUT2D eigenvalue weighted by atomic mass is 10.0. The summed E-state index contributed by atoms with van der Waals surface area (Å²) in [6.07, 6.45) is 3.35. The SMILES string of the molecule is O=C1Cc2cc(C(=O)c3cncc(Br)c3)c(Cl)cc2N1. The molecule has 1 aromatic carbocycles. The van der Waals surface area contributed by atoms with Gasteiger partial charge in [0.1, 0.15) is 0 Å². The van der Waals surface area contributed by atoms with Gasteiger partial charge in [-0.05, 0) is 39.7 Å². The Labute approximate surface area is 128 Å². The van der Waals surface area contributed by atoms with Gasteiger partial charge in [-0.1, -0.05) is 11.6 Å². The number of anilines is 1. The van der Waals surface area contributed by atoms with Crippen LogP contribution in [0.4, 0.5) is 5.69 Å². The van der Waals surface area contributed by atoms with Crippen molar-refractivity contribution < 1.29 is 9.59 Å². The second-order valence-corrected chi connectivity index (χ2v) is 5.76. The topological polar surface area (TPSA) is 59.1 Å². The summed E-state index contributed by atoms with van der Waals surface area (Å²) >= 11 is 9.41. The summed E-state index contributed by atoms with van der Waals surface area (Å²) in [5.41, 5.74) is 2.27. The molecule has 0 spiro atoms. The van der Waals surface area contributed by atoms with E-state index >= 15 is 0 Å². The van der Waals surface area contributed by atoms with Crippen molar-refractivity contribution in [2.24, 2.45) is 0 Å². The van der Waals surface area contributed by atoms with Crippen LogP contribution in [0.15, 0.2) is 35.1 Å². The number of nitrogens with zero attached hydrogens (tertiary/aromatic N) is 1. The van der Waals surface area contributed by atoms with Gasteiger partial charge >= 0.3 is 0 Å². The van der Waals surface area contributed by atoms with E-state index in [0.717, 1.165) is 10.0 Å². The maximum Gasteiger partial charge on any atom is 0.228 e. The molecule has 0 atom stereocenters. The average molecular weight is 352 g/mol. The summed E-state index contributed by atoms with van der Waals surface area (Å²) < 4.78 is 0.720. The molecular weight excluding hydrogens is 344 g/mol. The molecular formula is C14H8BrClN2O2. The van der Waals surface area contributed by atoms with E-state index in [1.807, 2.05) is 0 Å². The maximum atomic E-state index is 12.5. The van der Waals surface area contributed by atoms with E-state index in [1.54, 1.807) is 24.4 Å². The molecule has 0 fully saturated rings. The molecule has 1 aliphatic rings. The Morgan fingerprint density at radius 3 is 2.85 bits per heavy atom. The highest BCUT2D eigenvalue weighted by Gasteiger charge is 2.22. The van der Waals surface area contributed by atoms with E-state index in [2.05, 4.69) is 26.2 Å². The van der Waals surface area contributed by atoms with E-state index in [-0.39, 0.29) is 18.1 Å². The van der Waals surface area contributed by atoms with Crippen LogP contribution in [-0.2, 0) is 11.2 Å². The van der Waals surface area contributed by atoms with Gasteiger partial charge in [0.25, 0.3) is 0 Å². The molecule has 2 heterocycles. The van der Waals surface area contributed by atoms with Crippen LogP contribution in [0, 0.1) is 0 Å². The molecule has 2 aromatic rings. The smallest absolute Gasteiger partial charge is 0.228 e. The highest BCUT2D eigenvalue weighted by Crippen LogP contribution is 2.31. The maximum absolute atomic E-state index is 12.5. The fourth-order valence-electron chi connectivity index (χ4n) is 2.11. The van der Waals surface area contributed by atoms with Crippen molar-refractivity contribution in [1.82, 2.24) is 4.98 Å².